The minimum absolute atomic E-state index is 0.400. The maximum Gasteiger partial charge on any atom is 0.0819 e. The van der Waals surface area contributed by atoms with E-state index in [1.807, 2.05) is 11.3 Å². The smallest absolute Gasteiger partial charge is 0.0819 e. The second-order valence-electron chi connectivity index (χ2n) is 14.8. The number of hydrogen-bond acceptors (Lipinski definition) is 2. The molecule has 1 aromatic heterocycles. The van der Waals surface area contributed by atoms with Crippen molar-refractivity contribution in [3.05, 3.63) is 222 Å². The summed E-state index contributed by atoms with van der Waals surface area (Å²) in [6, 6.07) is 74.4. The van der Waals surface area contributed by atoms with Crippen LogP contribution < -0.4 is 4.90 Å². The van der Waals surface area contributed by atoms with Crippen molar-refractivity contribution in [1.29, 1.82) is 0 Å². The van der Waals surface area contributed by atoms with Gasteiger partial charge in [0.15, 0.2) is 0 Å². The van der Waals surface area contributed by atoms with E-state index >= 15 is 0 Å². The molecular weight excluding hydrogens is 683 g/mol. The van der Waals surface area contributed by atoms with E-state index in [0.29, 0.717) is 0 Å². The van der Waals surface area contributed by atoms with E-state index in [9.17, 15) is 0 Å². The highest BCUT2D eigenvalue weighted by Gasteiger charge is 2.54. The summed E-state index contributed by atoms with van der Waals surface area (Å²) in [5.41, 5.74) is 15.0. The minimum atomic E-state index is -0.400. The molecule has 0 saturated carbocycles. The van der Waals surface area contributed by atoms with Crippen LogP contribution in [0.5, 0.6) is 0 Å². The van der Waals surface area contributed by atoms with E-state index in [2.05, 4.69) is 205 Å². The summed E-state index contributed by atoms with van der Waals surface area (Å²) in [6.45, 7) is 0. The van der Waals surface area contributed by atoms with Gasteiger partial charge in [0.2, 0.25) is 0 Å². The molecule has 2 aliphatic rings. The van der Waals surface area contributed by atoms with Crippen LogP contribution in [0.3, 0.4) is 0 Å². The van der Waals surface area contributed by atoms with Crippen molar-refractivity contribution >= 4 is 60.0 Å². The molecule has 0 saturated heterocycles. The highest BCUT2D eigenvalue weighted by atomic mass is 32.1. The number of anilines is 3. The van der Waals surface area contributed by atoms with E-state index in [-0.39, 0.29) is 0 Å². The molecule has 256 valence electrons. The van der Waals surface area contributed by atoms with E-state index in [0.717, 1.165) is 17.1 Å². The fourth-order valence-corrected chi connectivity index (χ4v) is 11.2. The Balaban J connectivity index is 1.17. The lowest BCUT2D eigenvalue weighted by atomic mass is 9.73. The van der Waals surface area contributed by atoms with E-state index in [4.69, 9.17) is 0 Å². The van der Waals surface area contributed by atoms with Gasteiger partial charge in [0.05, 0.1) is 11.1 Å². The van der Waals surface area contributed by atoms with Crippen molar-refractivity contribution in [3.8, 4) is 33.4 Å². The van der Waals surface area contributed by atoms with Crippen molar-refractivity contribution in [2.24, 2.45) is 0 Å². The molecule has 0 radical (unpaired) electrons. The third-order valence-corrected chi connectivity index (χ3v) is 13.3. The first-order valence-corrected chi connectivity index (χ1v) is 19.8. The molecule has 0 aliphatic heterocycles. The molecule has 9 aromatic carbocycles. The SMILES string of the molecule is c1ccc(N(c2ccc3ccccc3c2)c2ccc3ccccc3c2)c(-c2cccc3c2-c2c(sc4ccccc24)C32c3ccccc3-c3ccccc32)c1. The standard InChI is InChI=1S/C53H33NS/c1-3-16-36-32-38(30-28-34(36)14-1)54(39-31-29-35-15-2-4-17-37(35)33-39)48-26-11-7-20-42(48)43-22-13-25-47-50(43)51-44-21-8-12-27-49(44)55-52(51)53(47)45-23-9-5-18-40(45)41-19-6-10-24-46(41)53/h1-33H. The van der Waals surface area contributed by atoms with Gasteiger partial charge < -0.3 is 4.90 Å². The van der Waals surface area contributed by atoms with Crippen LogP contribution in [0.25, 0.3) is 65.0 Å². The number of nitrogens with zero attached hydrogens (tertiary/aromatic N) is 1. The average molecular weight is 716 g/mol. The Morgan fingerprint density at radius 2 is 0.873 bits per heavy atom. The first-order chi connectivity index (χ1) is 27.3. The Morgan fingerprint density at radius 1 is 0.364 bits per heavy atom. The van der Waals surface area contributed by atoms with Crippen molar-refractivity contribution in [2.45, 2.75) is 5.41 Å². The summed E-state index contributed by atoms with van der Waals surface area (Å²) >= 11 is 1.97. The molecule has 0 amide bonds. The predicted molar refractivity (Wildman–Crippen MR) is 233 cm³/mol. The number of hydrogen-bond donors (Lipinski definition) is 0. The summed E-state index contributed by atoms with van der Waals surface area (Å²) in [4.78, 5) is 3.89. The Kier molecular flexibility index (Phi) is 6.49. The molecule has 12 rings (SSSR count). The van der Waals surface area contributed by atoms with Gasteiger partial charge in [-0.05, 0) is 96.9 Å². The molecule has 1 nitrogen and oxygen atoms in total. The molecule has 0 atom stereocenters. The van der Waals surface area contributed by atoms with Crippen LogP contribution in [-0.2, 0) is 5.41 Å². The Labute approximate surface area is 324 Å². The van der Waals surface area contributed by atoms with Crippen molar-refractivity contribution in [1.82, 2.24) is 0 Å². The minimum Gasteiger partial charge on any atom is -0.310 e. The molecule has 0 unspecified atom stereocenters. The summed E-state index contributed by atoms with van der Waals surface area (Å²) in [6.07, 6.45) is 0. The van der Waals surface area contributed by atoms with Crippen molar-refractivity contribution < 1.29 is 0 Å². The summed E-state index contributed by atoms with van der Waals surface area (Å²) < 4.78 is 1.33. The fourth-order valence-electron chi connectivity index (χ4n) is 9.76. The van der Waals surface area contributed by atoms with Crippen LogP contribution in [0.15, 0.2) is 200 Å². The number of para-hydroxylation sites is 1. The van der Waals surface area contributed by atoms with Gasteiger partial charge >= 0.3 is 0 Å². The van der Waals surface area contributed by atoms with Gasteiger partial charge in [-0.2, -0.15) is 0 Å². The zero-order chi connectivity index (χ0) is 36.1. The highest BCUT2D eigenvalue weighted by Crippen LogP contribution is 2.67. The van der Waals surface area contributed by atoms with Gasteiger partial charge in [0.1, 0.15) is 0 Å². The second kappa shape index (κ2) is 11.6. The van der Waals surface area contributed by atoms with Gasteiger partial charge in [-0.1, -0.05) is 164 Å². The summed E-state index contributed by atoms with van der Waals surface area (Å²) in [5, 5.41) is 6.24. The predicted octanol–water partition coefficient (Wildman–Crippen LogP) is 14.7. The van der Waals surface area contributed by atoms with E-state index in [1.54, 1.807) is 0 Å². The number of thiophene rings is 1. The number of fused-ring (bicyclic) bond motifs is 14. The fraction of sp³-hybridized carbons (Fsp3) is 0.0189. The molecule has 10 aromatic rings. The maximum absolute atomic E-state index is 2.46. The zero-order valence-corrected chi connectivity index (χ0v) is 30.7. The first kappa shape index (κ1) is 30.7. The third kappa shape index (κ3) is 4.23. The summed E-state index contributed by atoms with van der Waals surface area (Å²) in [5.74, 6) is 0. The molecular formula is C53H33NS. The molecule has 1 spiro atoms. The van der Waals surface area contributed by atoms with Gasteiger partial charge in [0, 0.05) is 37.5 Å². The monoisotopic (exact) mass is 715 g/mol. The van der Waals surface area contributed by atoms with Crippen molar-refractivity contribution in [2.75, 3.05) is 4.90 Å². The van der Waals surface area contributed by atoms with Crippen molar-refractivity contribution in [3.63, 3.8) is 0 Å². The Bertz CT molecular complexity index is 3060. The molecule has 0 bridgehead atoms. The third-order valence-electron chi connectivity index (χ3n) is 12.0. The number of benzene rings is 9. The quantitative estimate of drug-likeness (QED) is 0.175. The maximum atomic E-state index is 2.46. The average Bonchev–Trinajstić information content (AvgIpc) is 3.88. The van der Waals surface area contributed by atoms with E-state index < -0.39 is 5.41 Å². The van der Waals surface area contributed by atoms with Gasteiger partial charge in [-0.3, -0.25) is 0 Å². The topological polar surface area (TPSA) is 3.24 Å². The van der Waals surface area contributed by atoms with Crippen LogP contribution in [0, 0.1) is 0 Å². The molecule has 1 heterocycles. The lowest BCUT2D eigenvalue weighted by Gasteiger charge is -2.30. The van der Waals surface area contributed by atoms with Gasteiger partial charge in [0.25, 0.3) is 0 Å². The zero-order valence-electron chi connectivity index (χ0n) is 29.9. The highest BCUT2D eigenvalue weighted by molar-refractivity contribution is 7.20. The lowest BCUT2D eigenvalue weighted by molar-refractivity contribution is 0.812. The van der Waals surface area contributed by atoms with E-state index in [1.165, 1.54) is 86.6 Å². The Morgan fingerprint density at radius 3 is 1.55 bits per heavy atom. The second-order valence-corrected chi connectivity index (χ2v) is 15.8. The lowest BCUT2D eigenvalue weighted by Crippen LogP contribution is -2.24. The van der Waals surface area contributed by atoms with Crippen LogP contribution in [0.4, 0.5) is 17.1 Å². The Hall–Kier alpha value is -6.74. The van der Waals surface area contributed by atoms with Gasteiger partial charge in [-0.15, -0.1) is 11.3 Å². The number of rotatable bonds is 4. The molecule has 2 aliphatic carbocycles. The summed E-state index contributed by atoms with van der Waals surface area (Å²) in [7, 11) is 0. The largest absolute Gasteiger partial charge is 0.310 e. The van der Waals surface area contributed by atoms with Crippen LogP contribution >= 0.6 is 11.3 Å². The molecule has 0 N–H and O–H groups in total. The van der Waals surface area contributed by atoms with Crippen LogP contribution in [0.1, 0.15) is 21.6 Å². The van der Waals surface area contributed by atoms with Crippen LogP contribution in [0.2, 0.25) is 0 Å². The molecule has 0 fully saturated rings. The first-order valence-electron chi connectivity index (χ1n) is 19.0. The molecule has 2 heteroatoms. The molecule has 55 heavy (non-hydrogen) atoms. The van der Waals surface area contributed by atoms with Crippen LogP contribution in [-0.4, -0.2) is 0 Å². The normalized spacial score (nSPS) is 13.2. The van der Waals surface area contributed by atoms with Gasteiger partial charge in [-0.25, -0.2) is 0 Å².